The van der Waals surface area contributed by atoms with Gasteiger partial charge in [0.15, 0.2) is 11.6 Å². The highest BCUT2D eigenvalue weighted by Crippen LogP contribution is 2.12. The summed E-state index contributed by atoms with van der Waals surface area (Å²) < 4.78 is 0. The van der Waals surface area contributed by atoms with Gasteiger partial charge in [0, 0.05) is 38.9 Å². The Kier molecular flexibility index (Phi) is 7.93. The van der Waals surface area contributed by atoms with Crippen LogP contribution in [-0.4, -0.2) is 35.5 Å². The van der Waals surface area contributed by atoms with E-state index in [4.69, 9.17) is 0 Å². The Morgan fingerprint density at radius 3 is 0.969 bits per heavy atom. The Morgan fingerprint density at radius 2 is 0.688 bits per heavy atom. The van der Waals surface area contributed by atoms with Crippen LogP contribution < -0.4 is 0 Å². The summed E-state index contributed by atoms with van der Waals surface area (Å²) in [5.74, 6) is 0.0905. The minimum Gasteiger partial charge on any atom is -0.357 e. The van der Waals surface area contributed by atoms with Crippen LogP contribution in [0, 0.1) is 0 Å². The lowest BCUT2D eigenvalue weighted by molar-refractivity contribution is -0.111. The Balaban J connectivity index is 0.000000181. The average Bonchev–Trinajstić information content (AvgIpc) is 2.81. The van der Waals surface area contributed by atoms with Gasteiger partial charge in [0.2, 0.25) is 0 Å². The molecule has 2 heterocycles. The van der Waals surface area contributed by atoms with Gasteiger partial charge in [-0.1, -0.05) is 48.6 Å². The van der Waals surface area contributed by atoms with Crippen LogP contribution >= 0.6 is 0 Å². The Morgan fingerprint density at radius 1 is 0.438 bits per heavy atom. The molecule has 4 nitrogen and oxygen atoms in total. The smallest absolute Gasteiger partial charge is 0.178 e. The maximum Gasteiger partial charge on any atom is 0.178 e. The molecule has 4 rings (SSSR count). The first-order chi connectivity index (χ1) is 15.5. The molecule has 0 fully saturated rings. The lowest BCUT2D eigenvalue weighted by Crippen LogP contribution is -2.02. The van der Waals surface area contributed by atoms with Gasteiger partial charge in [-0.3, -0.25) is 9.59 Å². The Bertz CT molecular complexity index is 968. The summed E-state index contributed by atoms with van der Waals surface area (Å²) in [4.78, 5) is 25.8. The molecule has 2 aliphatic carbocycles. The second-order valence-corrected chi connectivity index (χ2v) is 7.40. The molecule has 0 saturated carbocycles. The molecule has 0 saturated heterocycles. The van der Waals surface area contributed by atoms with Crippen LogP contribution in [0.4, 0.5) is 0 Å². The fourth-order valence-electron chi connectivity index (χ4n) is 2.79. The zero-order valence-corrected chi connectivity index (χ0v) is 18.3. The molecule has 0 N–H and O–H groups in total. The predicted molar refractivity (Wildman–Crippen MR) is 131 cm³/mol. The van der Waals surface area contributed by atoms with Crippen LogP contribution in [0.5, 0.6) is 0 Å². The minimum atomic E-state index is 0.0453. The third kappa shape index (κ3) is 7.58. The zero-order valence-electron chi connectivity index (χ0n) is 18.3. The van der Waals surface area contributed by atoms with Crippen LogP contribution in [0.1, 0.15) is 0 Å². The largest absolute Gasteiger partial charge is 0.357 e. The Hall–Kier alpha value is -4.18. The van der Waals surface area contributed by atoms with E-state index in [-0.39, 0.29) is 11.6 Å². The molecule has 0 aromatic rings. The van der Waals surface area contributed by atoms with Crippen molar-refractivity contribution in [1.29, 1.82) is 0 Å². The Labute approximate surface area is 189 Å². The monoisotopic (exact) mass is 422 g/mol. The molecule has 160 valence electrons. The van der Waals surface area contributed by atoms with Crippen molar-refractivity contribution < 1.29 is 9.59 Å². The maximum atomic E-state index is 10.9. The number of nitrogens with zero attached hydrogens (tertiary/aromatic N) is 2. The van der Waals surface area contributed by atoms with Gasteiger partial charge in [-0.05, 0) is 70.9 Å². The summed E-state index contributed by atoms with van der Waals surface area (Å²) in [6, 6.07) is 0. The van der Waals surface area contributed by atoms with Gasteiger partial charge in [0.25, 0.3) is 0 Å². The van der Waals surface area contributed by atoms with Crippen LogP contribution in [0.3, 0.4) is 0 Å². The first-order valence-corrected chi connectivity index (χ1v) is 10.3. The van der Waals surface area contributed by atoms with E-state index in [0.717, 1.165) is 22.3 Å². The van der Waals surface area contributed by atoms with Crippen LogP contribution in [-0.2, 0) is 9.59 Å². The van der Waals surface area contributed by atoms with Gasteiger partial charge in [-0.25, -0.2) is 0 Å². The minimum absolute atomic E-state index is 0.0453. The van der Waals surface area contributed by atoms with E-state index >= 15 is 0 Å². The van der Waals surface area contributed by atoms with E-state index in [9.17, 15) is 9.59 Å². The van der Waals surface area contributed by atoms with E-state index in [1.165, 1.54) is 0 Å². The van der Waals surface area contributed by atoms with Crippen molar-refractivity contribution in [2.45, 2.75) is 0 Å². The molecule has 0 atom stereocenters. The second-order valence-electron chi connectivity index (χ2n) is 7.40. The summed E-state index contributed by atoms with van der Waals surface area (Å²) in [7, 11) is 3.97. The molecule has 0 bridgehead atoms. The van der Waals surface area contributed by atoms with Crippen molar-refractivity contribution >= 4 is 11.6 Å². The molecule has 2 aliphatic heterocycles. The topological polar surface area (TPSA) is 40.6 Å². The number of allylic oxidation sites excluding steroid dienone is 20. The molecule has 0 amide bonds. The van der Waals surface area contributed by atoms with Crippen LogP contribution in [0.2, 0.25) is 0 Å². The number of rotatable bonds is 2. The third-order valence-corrected chi connectivity index (χ3v) is 4.71. The summed E-state index contributed by atoms with van der Waals surface area (Å²) in [6.45, 7) is 0. The van der Waals surface area contributed by atoms with Crippen molar-refractivity contribution in [2.24, 2.45) is 0 Å². The van der Waals surface area contributed by atoms with Gasteiger partial charge in [-0.15, -0.1) is 0 Å². The molecule has 32 heavy (non-hydrogen) atoms. The SMILES string of the molecule is CN1C=CC(=CC=C2C=CC(=O)C=C2)C=C1.CN1C=CC(=CC=C2C=CC(=O)C=C2)C=C1. The third-order valence-electron chi connectivity index (χ3n) is 4.71. The van der Waals surface area contributed by atoms with Crippen molar-refractivity contribution in [3.63, 3.8) is 0 Å². The summed E-state index contributed by atoms with van der Waals surface area (Å²) >= 11 is 0. The average molecular weight is 423 g/mol. The molecular weight excluding hydrogens is 396 g/mol. The van der Waals surface area contributed by atoms with Gasteiger partial charge >= 0.3 is 0 Å². The summed E-state index contributed by atoms with van der Waals surface area (Å²) in [5.41, 5.74) is 4.36. The lowest BCUT2D eigenvalue weighted by atomic mass is 10.1. The zero-order chi connectivity index (χ0) is 22.8. The number of hydrogen-bond acceptors (Lipinski definition) is 4. The highest BCUT2D eigenvalue weighted by molar-refractivity contribution is 6.01. The number of hydrogen-bond donors (Lipinski definition) is 0. The fraction of sp³-hybridized carbons (Fsp3) is 0.0714. The van der Waals surface area contributed by atoms with Crippen molar-refractivity contribution in [3.05, 3.63) is 144 Å². The van der Waals surface area contributed by atoms with Crippen molar-refractivity contribution in [2.75, 3.05) is 14.1 Å². The molecule has 4 heteroatoms. The molecular formula is C28H26N2O2. The van der Waals surface area contributed by atoms with E-state index < -0.39 is 0 Å². The van der Waals surface area contributed by atoms with E-state index in [1.807, 2.05) is 122 Å². The highest BCUT2D eigenvalue weighted by atomic mass is 16.1. The summed E-state index contributed by atoms with van der Waals surface area (Å²) in [6.07, 6.45) is 37.8. The molecule has 0 unspecified atom stereocenters. The maximum absolute atomic E-state index is 10.9. The second kappa shape index (κ2) is 11.3. The first-order valence-electron chi connectivity index (χ1n) is 10.3. The van der Waals surface area contributed by atoms with Gasteiger partial charge in [-0.2, -0.15) is 0 Å². The van der Waals surface area contributed by atoms with Gasteiger partial charge in [0.05, 0.1) is 0 Å². The van der Waals surface area contributed by atoms with Crippen LogP contribution in [0.25, 0.3) is 0 Å². The molecule has 4 aliphatic rings. The predicted octanol–water partition coefficient (Wildman–Crippen LogP) is 5.01. The number of carbonyl (C=O) groups is 2. The van der Waals surface area contributed by atoms with Gasteiger partial charge < -0.3 is 9.80 Å². The van der Waals surface area contributed by atoms with E-state index in [0.29, 0.717) is 0 Å². The van der Waals surface area contributed by atoms with Crippen molar-refractivity contribution in [1.82, 2.24) is 9.80 Å². The first kappa shape index (κ1) is 22.5. The van der Waals surface area contributed by atoms with Crippen molar-refractivity contribution in [3.8, 4) is 0 Å². The lowest BCUT2D eigenvalue weighted by Gasteiger charge is -2.11. The molecule has 0 spiro atoms. The standard InChI is InChI=1S/2C14H13NO/c2*1-15-10-8-13(9-11-15)3-2-12-4-6-14(16)7-5-12/h2*2-11H,1H3. The molecule has 0 aromatic carbocycles. The van der Waals surface area contributed by atoms with Crippen LogP contribution in [0.15, 0.2) is 144 Å². The van der Waals surface area contributed by atoms with E-state index in [1.54, 1.807) is 24.3 Å². The molecule has 0 aromatic heterocycles. The number of carbonyl (C=O) groups excluding carboxylic acids is 2. The summed E-state index contributed by atoms with van der Waals surface area (Å²) in [5, 5.41) is 0. The quantitative estimate of drug-likeness (QED) is 0.627. The normalized spacial score (nSPS) is 18.3. The van der Waals surface area contributed by atoms with E-state index in [2.05, 4.69) is 0 Å². The fourth-order valence-corrected chi connectivity index (χ4v) is 2.79. The van der Waals surface area contributed by atoms with Gasteiger partial charge in [0.1, 0.15) is 0 Å². The number of ketones is 2. The molecule has 0 radical (unpaired) electrons. The highest BCUT2D eigenvalue weighted by Gasteiger charge is 1.99.